The zero-order valence-corrected chi connectivity index (χ0v) is 16.7. The molecule has 3 saturated carbocycles. The highest BCUT2D eigenvalue weighted by atomic mass is 31.2. The third kappa shape index (κ3) is 2.88. The average Bonchev–Trinajstić information content (AvgIpc) is 3.49. The molecule has 4 bridgehead atoms. The lowest BCUT2D eigenvalue weighted by atomic mass is 9.72. The Morgan fingerprint density at radius 1 is 0.679 bits per heavy atom. The van der Waals surface area contributed by atoms with Gasteiger partial charge in [-0.15, -0.1) is 0 Å². The van der Waals surface area contributed by atoms with Gasteiger partial charge in [0.25, 0.3) is 0 Å². The van der Waals surface area contributed by atoms with Crippen molar-refractivity contribution in [1.82, 2.24) is 0 Å². The fraction of sp³-hybridized carbons (Fsp3) is 0.417. The second-order valence-electron chi connectivity index (χ2n) is 8.67. The van der Waals surface area contributed by atoms with E-state index in [2.05, 4.69) is 12.2 Å². The monoisotopic (exact) mass is 392 g/mol. The van der Waals surface area contributed by atoms with E-state index in [1.165, 1.54) is 12.8 Å². The molecule has 0 N–H and O–H groups in total. The number of hydrogen-bond acceptors (Lipinski definition) is 3. The molecule has 3 nitrogen and oxygen atoms in total. The molecule has 7 unspecified atom stereocenters. The summed E-state index contributed by atoms with van der Waals surface area (Å²) in [5.74, 6) is 6.45. The fourth-order valence-corrected chi connectivity index (χ4v) is 7.56. The number of rotatable bonds is 6. The van der Waals surface area contributed by atoms with Crippen LogP contribution in [0.15, 0.2) is 72.8 Å². The predicted octanol–water partition coefficient (Wildman–Crippen LogP) is 6.23. The van der Waals surface area contributed by atoms with E-state index >= 15 is 0 Å². The van der Waals surface area contributed by atoms with Crippen molar-refractivity contribution in [3.8, 4) is 11.5 Å². The van der Waals surface area contributed by atoms with E-state index in [4.69, 9.17) is 13.6 Å². The van der Waals surface area contributed by atoms with Gasteiger partial charge in [0.2, 0.25) is 0 Å². The van der Waals surface area contributed by atoms with Gasteiger partial charge in [0.05, 0.1) is 6.10 Å². The Morgan fingerprint density at radius 3 is 1.93 bits per heavy atom. The van der Waals surface area contributed by atoms with Crippen molar-refractivity contribution in [3.05, 3.63) is 72.8 Å². The molecule has 4 aliphatic rings. The van der Waals surface area contributed by atoms with Crippen molar-refractivity contribution in [2.75, 3.05) is 0 Å². The van der Waals surface area contributed by atoms with Crippen LogP contribution in [0.4, 0.5) is 0 Å². The van der Waals surface area contributed by atoms with Gasteiger partial charge < -0.3 is 9.05 Å². The summed E-state index contributed by atoms with van der Waals surface area (Å²) < 4.78 is 18.9. The highest BCUT2D eigenvalue weighted by Crippen LogP contribution is 2.67. The molecule has 4 aliphatic carbocycles. The smallest absolute Gasteiger partial charge is 0.418 e. The van der Waals surface area contributed by atoms with Crippen LogP contribution in [-0.4, -0.2) is 6.10 Å². The molecule has 7 atom stereocenters. The first kappa shape index (κ1) is 17.1. The second kappa shape index (κ2) is 6.90. The maximum Gasteiger partial charge on any atom is 0.463 e. The number of para-hydroxylation sites is 2. The van der Waals surface area contributed by atoms with E-state index in [1.807, 2.05) is 60.7 Å². The van der Waals surface area contributed by atoms with Crippen LogP contribution in [0.5, 0.6) is 11.5 Å². The summed E-state index contributed by atoms with van der Waals surface area (Å²) in [5, 5.41) is 0. The minimum atomic E-state index is -1.48. The molecule has 0 amide bonds. The largest absolute Gasteiger partial charge is 0.463 e. The summed E-state index contributed by atoms with van der Waals surface area (Å²) in [5.41, 5.74) is 0. The van der Waals surface area contributed by atoms with Gasteiger partial charge in [0, 0.05) is 0 Å². The molecule has 0 aromatic heterocycles. The molecule has 2 aromatic carbocycles. The van der Waals surface area contributed by atoms with Crippen LogP contribution in [0, 0.1) is 35.5 Å². The van der Waals surface area contributed by atoms with Gasteiger partial charge in [-0.3, -0.25) is 4.52 Å². The molecule has 2 aromatic rings. The standard InChI is InChI=1S/C24H25O3P/c1-3-7-19(8-4-1)25-28(26-20-9-5-2-6-10-20)27-22-15-18-14-21(22)24-17-12-11-16(13-17)23(18)24/h1-12,16-18,21-24H,13-15H2. The normalized spacial score (nSPS) is 36.8. The zero-order valence-electron chi connectivity index (χ0n) is 15.8. The highest BCUT2D eigenvalue weighted by Gasteiger charge is 2.61. The minimum absolute atomic E-state index is 0.262. The van der Waals surface area contributed by atoms with Crippen molar-refractivity contribution in [2.45, 2.75) is 25.4 Å². The molecular weight excluding hydrogens is 367 g/mol. The van der Waals surface area contributed by atoms with Crippen LogP contribution in [0.25, 0.3) is 0 Å². The van der Waals surface area contributed by atoms with Gasteiger partial charge in [-0.05, 0) is 79.0 Å². The Bertz CT molecular complexity index is 813. The van der Waals surface area contributed by atoms with Crippen LogP contribution >= 0.6 is 8.60 Å². The average molecular weight is 392 g/mol. The van der Waals surface area contributed by atoms with Crippen molar-refractivity contribution >= 4 is 8.60 Å². The van der Waals surface area contributed by atoms with Crippen LogP contribution in [-0.2, 0) is 4.52 Å². The Kier molecular flexibility index (Phi) is 4.20. The number of fused-ring (bicyclic) bond motifs is 9. The fourth-order valence-electron chi connectivity index (χ4n) is 6.38. The molecule has 144 valence electrons. The number of hydrogen-bond donors (Lipinski definition) is 0. The summed E-state index contributed by atoms with van der Waals surface area (Å²) in [6, 6.07) is 19.8. The van der Waals surface area contributed by atoms with E-state index in [-0.39, 0.29) is 6.10 Å². The molecule has 0 radical (unpaired) electrons. The van der Waals surface area contributed by atoms with Gasteiger partial charge in [-0.2, -0.15) is 0 Å². The molecule has 0 aliphatic heterocycles. The van der Waals surface area contributed by atoms with E-state index in [0.29, 0.717) is 5.92 Å². The molecule has 3 fully saturated rings. The van der Waals surface area contributed by atoms with Crippen molar-refractivity contribution in [2.24, 2.45) is 35.5 Å². The maximum atomic E-state index is 6.57. The highest BCUT2D eigenvalue weighted by molar-refractivity contribution is 7.42. The molecule has 0 saturated heterocycles. The lowest BCUT2D eigenvalue weighted by Crippen LogP contribution is -2.34. The lowest BCUT2D eigenvalue weighted by molar-refractivity contribution is 0.0597. The van der Waals surface area contributed by atoms with E-state index in [9.17, 15) is 0 Å². The second-order valence-corrected chi connectivity index (χ2v) is 9.70. The lowest BCUT2D eigenvalue weighted by Gasteiger charge is -2.37. The summed E-state index contributed by atoms with van der Waals surface area (Å²) in [6.45, 7) is 0. The van der Waals surface area contributed by atoms with Crippen LogP contribution in [0.3, 0.4) is 0 Å². The van der Waals surface area contributed by atoms with Gasteiger partial charge >= 0.3 is 8.60 Å². The quantitative estimate of drug-likeness (QED) is 0.331. The maximum absolute atomic E-state index is 6.57. The van der Waals surface area contributed by atoms with Gasteiger partial charge in [-0.1, -0.05) is 48.6 Å². The van der Waals surface area contributed by atoms with Crippen LogP contribution in [0.2, 0.25) is 0 Å². The van der Waals surface area contributed by atoms with Gasteiger partial charge in [0.1, 0.15) is 11.5 Å². The number of allylic oxidation sites excluding steroid dienone is 2. The van der Waals surface area contributed by atoms with Crippen LogP contribution < -0.4 is 9.05 Å². The topological polar surface area (TPSA) is 27.7 Å². The first-order valence-corrected chi connectivity index (χ1v) is 11.6. The predicted molar refractivity (Wildman–Crippen MR) is 110 cm³/mol. The zero-order chi connectivity index (χ0) is 18.5. The molecule has 28 heavy (non-hydrogen) atoms. The molecular formula is C24H25O3P. The number of benzene rings is 2. The Hall–Kier alpha value is -1.83. The summed E-state index contributed by atoms with van der Waals surface area (Å²) in [7, 11) is -1.48. The van der Waals surface area contributed by atoms with Gasteiger partial charge in [0.15, 0.2) is 0 Å². The summed E-state index contributed by atoms with van der Waals surface area (Å²) >= 11 is 0. The summed E-state index contributed by atoms with van der Waals surface area (Å²) in [6.07, 6.45) is 9.11. The molecule has 6 rings (SSSR count). The Morgan fingerprint density at radius 2 is 1.29 bits per heavy atom. The Balaban J connectivity index is 1.20. The summed E-state index contributed by atoms with van der Waals surface area (Å²) in [4.78, 5) is 0. The first-order valence-electron chi connectivity index (χ1n) is 10.5. The Labute approximate surface area is 167 Å². The van der Waals surface area contributed by atoms with Gasteiger partial charge in [-0.25, -0.2) is 0 Å². The third-order valence-electron chi connectivity index (χ3n) is 7.28. The van der Waals surface area contributed by atoms with Crippen LogP contribution in [0.1, 0.15) is 19.3 Å². The molecule has 0 spiro atoms. The van der Waals surface area contributed by atoms with Crippen molar-refractivity contribution in [3.63, 3.8) is 0 Å². The molecule has 0 heterocycles. The van der Waals surface area contributed by atoms with E-state index < -0.39 is 8.60 Å². The molecule has 4 heteroatoms. The van der Waals surface area contributed by atoms with E-state index in [1.54, 1.807) is 0 Å². The van der Waals surface area contributed by atoms with E-state index in [0.717, 1.165) is 47.5 Å². The van der Waals surface area contributed by atoms with Crippen molar-refractivity contribution < 1.29 is 13.6 Å². The minimum Gasteiger partial charge on any atom is -0.418 e. The first-order chi connectivity index (χ1) is 13.8. The SMILES string of the molecule is C1=CC2CC1C1C3CC(OP(Oc4ccccc4)Oc4ccccc4)C(C3)C21. The van der Waals surface area contributed by atoms with Crippen molar-refractivity contribution in [1.29, 1.82) is 0 Å². The third-order valence-corrected chi connectivity index (χ3v) is 8.44.